The number of aromatic nitrogens is 2. The van der Waals surface area contributed by atoms with Crippen molar-refractivity contribution >= 4 is 6.29 Å². The molecule has 0 saturated carbocycles. The van der Waals surface area contributed by atoms with Gasteiger partial charge in [-0.2, -0.15) is 5.10 Å². The summed E-state index contributed by atoms with van der Waals surface area (Å²) < 4.78 is 13.6. The first-order valence-corrected chi connectivity index (χ1v) is 8.15. The summed E-state index contributed by atoms with van der Waals surface area (Å²) in [7, 11) is 0. The molecule has 1 fully saturated rings. The molecular weight excluding hydrogens is 308 g/mol. The molecule has 0 radical (unpaired) electrons. The normalized spacial score (nSPS) is 20.5. The van der Waals surface area contributed by atoms with Gasteiger partial charge in [-0.3, -0.25) is 9.48 Å². The maximum Gasteiger partial charge on any atom is 0.320 e. The van der Waals surface area contributed by atoms with E-state index in [-0.39, 0.29) is 17.6 Å². The summed E-state index contributed by atoms with van der Waals surface area (Å²) in [5, 5.41) is 14.2. The molecule has 128 valence electrons. The number of hydrogen-bond donors (Lipinski definition) is 1. The molecule has 2 heterocycles. The lowest BCUT2D eigenvalue weighted by molar-refractivity contribution is 0.167. The van der Waals surface area contributed by atoms with Crippen molar-refractivity contribution in [3.63, 3.8) is 0 Å². The lowest BCUT2D eigenvalue weighted by Gasteiger charge is -2.21. The van der Waals surface area contributed by atoms with E-state index in [1.165, 1.54) is 6.07 Å². The zero-order valence-corrected chi connectivity index (χ0v) is 13.9. The van der Waals surface area contributed by atoms with Crippen LogP contribution in [0.15, 0.2) is 30.5 Å². The highest BCUT2D eigenvalue weighted by Gasteiger charge is 2.33. The molecule has 2 unspecified atom stereocenters. The molecule has 0 bridgehead atoms. The average molecular weight is 331 g/mol. The Morgan fingerprint density at radius 3 is 3.00 bits per heavy atom. The van der Waals surface area contributed by atoms with Crippen molar-refractivity contribution in [2.75, 3.05) is 19.8 Å². The Morgan fingerprint density at radius 1 is 1.42 bits per heavy atom. The Morgan fingerprint density at radius 2 is 2.25 bits per heavy atom. The molecule has 1 aromatic carbocycles. The van der Waals surface area contributed by atoms with Crippen LogP contribution >= 0.6 is 0 Å². The predicted molar refractivity (Wildman–Crippen MR) is 90.4 cm³/mol. The van der Waals surface area contributed by atoms with Crippen LogP contribution in [-0.2, 0) is 4.74 Å². The lowest BCUT2D eigenvalue weighted by Crippen LogP contribution is -2.22. The van der Waals surface area contributed by atoms with Crippen LogP contribution in [0, 0.1) is 5.92 Å². The quantitative estimate of drug-likeness (QED) is 0.652. The van der Waals surface area contributed by atoms with Gasteiger partial charge in [0.05, 0.1) is 19.8 Å². The first-order chi connectivity index (χ1) is 11.6. The van der Waals surface area contributed by atoms with Gasteiger partial charge in [0.1, 0.15) is 11.5 Å². The number of rotatable bonds is 6. The second-order valence-electron chi connectivity index (χ2n) is 6.33. The zero-order valence-electron chi connectivity index (χ0n) is 13.9. The third kappa shape index (κ3) is 3.14. The zero-order chi connectivity index (χ0) is 17.1. The summed E-state index contributed by atoms with van der Waals surface area (Å²) in [5.41, 5.74) is 1.45. The van der Waals surface area contributed by atoms with E-state index < -0.39 is 0 Å². The highest BCUT2D eigenvalue weighted by Crippen LogP contribution is 2.33. The van der Waals surface area contributed by atoms with Gasteiger partial charge in [0.25, 0.3) is 0 Å². The van der Waals surface area contributed by atoms with Crippen molar-refractivity contribution in [1.82, 2.24) is 9.78 Å². The highest BCUT2D eigenvalue weighted by atomic mass is 16.5. The van der Waals surface area contributed by atoms with Crippen molar-refractivity contribution in [2.45, 2.75) is 25.8 Å². The number of hydrogen-bond acceptors (Lipinski definition) is 4. The Bertz CT molecular complexity index is 711. The van der Waals surface area contributed by atoms with E-state index in [0.29, 0.717) is 37.2 Å². The van der Waals surface area contributed by atoms with E-state index >= 15 is 0 Å². The summed E-state index contributed by atoms with van der Waals surface area (Å²) in [4.78, 5) is 9.29. The van der Waals surface area contributed by atoms with Crippen LogP contribution in [-0.4, -0.2) is 45.8 Å². The van der Waals surface area contributed by atoms with Crippen LogP contribution in [0.1, 0.15) is 37.1 Å². The van der Waals surface area contributed by atoms with Gasteiger partial charge in [-0.15, -0.1) is 0 Å². The maximum atomic E-state index is 9.78. The average Bonchev–Trinajstić information content (AvgIpc) is 3.21. The van der Waals surface area contributed by atoms with Gasteiger partial charge in [-0.25, -0.2) is 0 Å². The summed E-state index contributed by atoms with van der Waals surface area (Å²) >= 11 is 0. The van der Waals surface area contributed by atoms with Crippen LogP contribution in [0.4, 0.5) is 0 Å². The minimum atomic E-state index is -0.00731. The third-order valence-electron chi connectivity index (χ3n) is 4.39. The van der Waals surface area contributed by atoms with Gasteiger partial charge in [0.2, 0.25) is 0 Å². The molecule has 0 aliphatic carbocycles. The largest absolute Gasteiger partial charge is 0.507 e. The van der Waals surface area contributed by atoms with Gasteiger partial charge < -0.3 is 14.6 Å². The fourth-order valence-electron chi connectivity index (χ4n) is 3.12. The lowest BCUT2D eigenvalue weighted by atomic mass is 9.93. The van der Waals surface area contributed by atoms with Gasteiger partial charge in [0.15, 0.2) is 5.56 Å². The van der Waals surface area contributed by atoms with E-state index in [9.17, 15) is 9.90 Å². The van der Waals surface area contributed by atoms with Crippen molar-refractivity contribution in [3.8, 4) is 11.5 Å². The van der Waals surface area contributed by atoms with E-state index in [1.54, 1.807) is 12.1 Å². The molecular formula is C18H23N2O4+. The smallest absolute Gasteiger partial charge is 0.320 e. The van der Waals surface area contributed by atoms with E-state index in [0.717, 1.165) is 12.0 Å². The molecule has 6 nitrogen and oxygen atoms in total. The highest BCUT2D eigenvalue weighted by molar-refractivity contribution is 5.83. The predicted octanol–water partition coefficient (Wildman–Crippen LogP) is 2.50. The molecule has 1 aliphatic heterocycles. The minimum absolute atomic E-state index is 0.00731. The van der Waals surface area contributed by atoms with E-state index in [4.69, 9.17) is 9.47 Å². The van der Waals surface area contributed by atoms with Crippen LogP contribution in [0.25, 0.3) is 0 Å². The van der Waals surface area contributed by atoms with E-state index in [2.05, 4.69) is 18.9 Å². The number of phenols is 1. The van der Waals surface area contributed by atoms with Crippen LogP contribution in [0.3, 0.4) is 0 Å². The second kappa shape index (κ2) is 7.05. The van der Waals surface area contributed by atoms with Crippen molar-refractivity contribution in [1.29, 1.82) is 0 Å². The summed E-state index contributed by atoms with van der Waals surface area (Å²) in [6, 6.07) is 7.25. The summed E-state index contributed by atoms with van der Waals surface area (Å²) in [6.45, 7) is 5.91. The molecule has 6 heteroatoms. The molecule has 0 spiro atoms. The van der Waals surface area contributed by atoms with Crippen molar-refractivity contribution < 1.29 is 19.4 Å². The number of ether oxygens (including phenoxy) is 2. The first kappa shape index (κ1) is 16.5. The Hall–Kier alpha value is -2.34. The molecule has 3 rings (SSSR count). The minimum Gasteiger partial charge on any atom is -0.507 e. The number of carbonyl (C=O) groups excluding carboxylic acids is 1. The van der Waals surface area contributed by atoms with Crippen LogP contribution in [0.2, 0.25) is 0 Å². The molecule has 24 heavy (non-hydrogen) atoms. The number of nitrogens with zero attached hydrogens (tertiary/aromatic N) is 2. The van der Waals surface area contributed by atoms with Crippen molar-refractivity contribution in [3.05, 3.63) is 41.7 Å². The first-order valence-electron chi connectivity index (χ1n) is 8.15. The SMILES string of the molecule is CC(C)n1nccc1C1COCC1COc1cccc(O)c1C=[OH+]. The number of phenolic OH excluding ortho intramolecular Hbond substituents is 1. The Kier molecular flexibility index (Phi) is 4.85. The number of aromatic hydroxyl groups is 1. The third-order valence-corrected chi connectivity index (χ3v) is 4.39. The topological polar surface area (TPSA) is 77.9 Å². The number of benzene rings is 1. The van der Waals surface area contributed by atoms with Gasteiger partial charge in [-0.1, -0.05) is 6.07 Å². The Balaban J connectivity index is 1.74. The molecule has 1 aliphatic rings. The fourth-order valence-corrected chi connectivity index (χ4v) is 3.12. The number of aldehydes is 1. The van der Waals surface area contributed by atoms with Crippen molar-refractivity contribution in [2.24, 2.45) is 5.92 Å². The second-order valence-corrected chi connectivity index (χ2v) is 6.33. The molecule has 0 amide bonds. The van der Waals surface area contributed by atoms with Crippen LogP contribution < -0.4 is 4.74 Å². The fraction of sp³-hybridized carbons (Fsp3) is 0.444. The summed E-state index contributed by atoms with van der Waals surface area (Å²) in [6.07, 6.45) is 2.68. The maximum absolute atomic E-state index is 9.78. The molecule has 2 atom stereocenters. The molecule has 2 N–H and O–H groups in total. The van der Waals surface area contributed by atoms with E-state index in [1.807, 2.05) is 16.9 Å². The summed E-state index contributed by atoms with van der Waals surface area (Å²) in [5.74, 6) is 0.856. The van der Waals surface area contributed by atoms with Crippen LogP contribution in [0.5, 0.6) is 11.5 Å². The van der Waals surface area contributed by atoms with Gasteiger partial charge in [0, 0.05) is 29.8 Å². The monoisotopic (exact) mass is 331 g/mol. The standard InChI is InChI=1S/C18H22N2O4/c1-12(2)20-16(6-7-19-20)15-11-23-9-13(15)10-24-18-5-3-4-17(22)14(18)8-21/h3-8,12-13,15,22H,9-11H2,1-2H3/p+1. The molecule has 1 saturated heterocycles. The van der Waals surface area contributed by atoms with Gasteiger partial charge >= 0.3 is 6.29 Å². The van der Waals surface area contributed by atoms with Gasteiger partial charge in [-0.05, 0) is 32.0 Å². The molecule has 1 aromatic heterocycles. The molecule has 2 aromatic rings. The Labute approximate surface area is 141 Å².